The van der Waals surface area contributed by atoms with Crippen molar-refractivity contribution >= 4 is 5.91 Å². The van der Waals surface area contributed by atoms with Gasteiger partial charge in [0.05, 0.1) is 12.5 Å². The van der Waals surface area contributed by atoms with Crippen LogP contribution in [0.2, 0.25) is 0 Å². The number of ether oxygens (including phenoxy) is 1. The Kier molecular flexibility index (Phi) is 5.22. The number of hydrogen-bond donors (Lipinski definition) is 2. The number of hydrogen-bond acceptors (Lipinski definition) is 3. The first kappa shape index (κ1) is 13.5. The SMILES string of the molecule is CC(C)(CCN)NC(=O)CC1CCCCO1. The van der Waals surface area contributed by atoms with Gasteiger partial charge in [-0.15, -0.1) is 0 Å². The molecular formula is C12H24N2O2. The van der Waals surface area contributed by atoms with Crippen LogP contribution in [0.1, 0.15) is 46.0 Å². The Labute approximate surface area is 97.9 Å². The van der Waals surface area contributed by atoms with Crippen LogP contribution < -0.4 is 11.1 Å². The van der Waals surface area contributed by atoms with E-state index in [1.807, 2.05) is 13.8 Å². The largest absolute Gasteiger partial charge is 0.378 e. The van der Waals surface area contributed by atoms with Crippen LogP contribution in [0.4, 0.5) is 0 Å². The van der Waals surface area contributed by atoms with E-state index in [0.29, 0.717) is 13.0 Å². The van der Waals surface area contributed by atoms with Gasteiger partial charge in [0.15, 0.2) is 0 Å². The van der Waals surface area contributed by atoms with E-state index in [1.54, 1.807) is 0 Å². The Bertz CT molecular complexity index is 223. The minimum atomic E-state index is -0.208. The van der Waals surface area contributed by atoms with Crippen LogP contribution in [0, 0.1) is 0 Å². The fourth-order valence-electron chi connectivity index (χ4n) is 2.03. The molecule has 94 valence electrons. The molecule has 1 aliphatic rings. The van der Waals surface area contributed by atoms with Crippen molar-refractivity contribution < 1.29 is 9.53 Å². The number of amides is 1. The predicted octanol–water partition coefficient (Wildman–Crippen LogP) is 1.19. The van der Waals surface area contributed by atoms with Gasteiger partial charge < -0.3 is 15.8 Å². The van der Waals surface area contributed by atoms with Gasteiger partial charge in [-0.3, -0.25) is 4.79 Å². The lowest BCUT2D eigenvalue weighted by Gasteiger charge is -2.28. The van der Waals surface area contributed by atoms with E-state index >= 15 is 0 Å². The molecular weight excluding hydrogens is 204 g/mol. The minimum Gasteiger partial charge on any atom is -0.378 e. The molecule has 0 aromatic heterocycles. The second-order valence-electron chi connectivity index (χ2n) is 5.16. The summed E-state index contributed by atoms with van der Waals surface area (Å²) in [4.78, 5) is 11.8. The molecule has 0 radical (unpaired) electrons. The summed E-state index contributed by atoms with van der Waals surface area (Å²) in [5.74, 6) is 0.0744. The number of nitrogens with one attached hydrogen (secondary N) is 1. The lowest BCUT2D eigenvalue weighted by molar-refractivity contribution is -0.126. The zero-order valence-electron chi connectivity index (χ0n) is 10.4. The smallest absolute Gasteiger partial charge is 0.223 e. The van der Waals surface area contributed by atoms with E-state index in [0.717, 1.165) is 25.9 Å². The zero-order valence-corrected chi connectivity index (χ0v) is 10.4. The second-order valence-corrected chi connectivity index (χ2v) is 5.16. The summed E-state index contributed by atoms with van der Waals surface area (Å²) in [5, 5.41) is 3.01. The molecule has 1 rings (SSSR count). The zero-order chi connectivity index (χ0) is 12.0. The van der Waals surface area contributed by atoms with Gasteiger partial charge in [-0.2, -0.15) is 0 Å². The van der Waals surface area contributed by atoms with Gasteiger partial charge in [0.25, 0.3) is 0 Å². The summed E-state index contributed by atoms with van der Waals surface area (Å²) in [6.45, 7) is 5.39. The van der Waals surface area contributed by atoms with Crippen LogP contribution in [-0.2, 0) is 9.53 Å². The van der Waals surface area contributed by atoms with Crippen molar-refractivity contribution in [3.05, 3.63) is 0 Å². The average Bonchev–Trinajstić information content (AvgIpc) is 2.17. The Morgan fingerprint density at radius 3 is 2.81 bits per heavy atom. The first-order valence-corrected chi connectivity index (χ1v) is 6.16. The Balaban J connectivity index is 2.28. The highest BCUT2D eigenvalue weighted by molar-refractivity contribution is 5.77. The van der Waals surface area contributed by atoms with Crippen molar-refractivity contribution in [1.82, 2.24) is 5.32 Å². The maximum Gasteiger partial charge on any atom is 0.223 e. The van der Waals surface area contributed by atoms with Gasteiger partial charge in [0, 0.05) is 12.1 Å². The third-order valence-corrected chi connectivity index (χ3v) is 2.93. The highest BCUT2D eigenvalue weighted by Gasteiger charge is 2.23. The fraction of sp³-hybridized carbons (Fsp3) is 0.917. The summed E-state index contributed by atoms with van der Waals surface area (Å²) in [6, 6.07) is 0. The molecule has 1 amide bonds. The molecule has 0 aromatic carbocycles. The van der Waals surface area contributed by atoms with Crippen molar-refractivity contribution in [2.75, 3.05) is 13.2 Å². The molecule has 4 nitrogen and oxygen atoms in total. The number of rotatable bonds is 5. The van der Waals surface area contributed by atoms with Gasteiger partial charge in [-0.1, -0.05) is 0 Å². The summed E-state index contributed by atoms with van der Waals surface area (Å²) in [7, 11) is 0. The van der Waals surface area contributed by atoms with Crippen LogP contribution in [-0.4, -0.2) is 30.7 Å². The van der Waals surface area contributed by atoms with Crippen LogP contribution in [0.25, 0.3) is 0 Å². The molecule has 1 heterocycles. The highest BCUT2D eigenvalue weighted by atomic mass is 16.5. The third kappa shape index (κ3) is 4.94. The van der Waals surface area contributed by atoms with Gasteiger partial charge in [0.2, 0.25) is 5.91 Å². The van der Waals surface area contributed by atoms with Crippen molar-refractivity contribution in [3.63, 3.8) is 0 Å². The second kappa shape index (κ2) is 6.21. The highest BCUT2D eigenvalue weighted by Crippen LogP contribution is 2.16. The Morgan fingerprint density at radius 1 is 1.50 bits per heavy atom. The van der Waals surface area contributed by atoms with Crippen molar-refractivity contribution in [2.45, 2.75) is 57.6 Å². The molecule has 0 aromatic rings. The van der Waals surface area contributed by atoms with E-state index < -0.39 is 0 Å². The molecule has 1 saturated heterocycles. The van der Waals surface area contributed by atoms with Crippen LogP contribution >= 0.6 is 0 Å². The number of nitrogens with two attached hydrogens (primary N) is 1. The predicted molar refractivity (Wildman–Crippen MR) is 64.1 cm³/mol. The summed E-state index contributed by atoms with van der Waals surface area (Å²) >= 11 is 0. The molecule has 1 atom stereocenters. The topological polar surface area (TPSA) is 64.3 Å². The van der Waals surface area contributed by atoms with E-state index in [1.165, 1.54) is 6.42 Å². The van der Waals surface area contributed by atoms with E-state index in [4.69, 9.17) is 10.5 Å². The van der Waals surface area contributed by atoms with E-state index in [9.17, 15) is 4.79 Å². The van der Waals surface area contributed by atoms with Crippen LogP contribution in [0.3, 0.4) is 0 Å². The summed E-state index contributed by atoms with van der Waals surface area (Å²) < 4.78 is 5.54. The van der Waals surface area contributed by atoms with Gasteiger partial charge >= 0.3 is 0 Å². The monoisotopic (exact) mass is 228 g/mol. The van der Waals surface area contributed by atoms with Gasteiger partial charge in [-0.05, 0) is 46.1 Å². The van der Waals surface area contributed by atoms with E-state index in [2.05, 4.69) is 5.32 Å². The quantitative estimate of drug-likeness (QED) is 0.743. The van der Waals surface area contributed by atoms with Crippen molar-refractivity contribution in [1.29, 1.82) is 0 Å². The fourth-order valence-corrected chi connectivity index (χ4v) is 2.03. The summed E-state index contributed by atoms with van der Waals surface area (Å²) in [5.41, 5.74) is 5.29. The maximum atomic E-state index is 11.8. The minimum absolute atomic E-state index is 0.0744. The molecule has 3 N–H and O–H groups in total. The number of carbonyl (C=O) groups excluding carboxylic acids is 1. The summed E-state index contributed by atoms with van der Waals surface area (Å²) in [6.07, 6.45) is 4.69. The molecule has 1 aliphatic heterocycles. The lowest BCUT2D eigenvalue weighted by atomic mass is 9.99. The van der Waals surface area contributed by atoms with Crippen molar-refractivity contribution in [3.8, 4) is 0 Å². The lowest BCUT2D eigenvalue weighted by Crippen LogP contribution is -2.46. The van der Waals surface area contributed by atoms with Crippen LogP contribution in [0.5, 0.6) is 0 Å². The first-order chi connectivity index (χ1) is 7.53. The molecule has 0 bridgehead atoms. The standard InChI is InChI=1S/C12H24N2O2/c1-12(2,6-7-13)14-11(15)9-10-5-3-4-8-16-10/h10H,3-9,13H2,1-2H3,(H,14,15). The molecule has 1 unspecified atom stereocenters. The molecule has 0 saturated carbocycles. The molecule has 4 heteroatoms. The normalized spacial score (nSPS) is 21.8. The van der Waals surface area contributed by atoms with Crippen molar-refractivity contribution in [2.24, 2.45) is 5.73 Å². The molecule has 0 spiro atoms. The van der Waals surface area contributed by atoms with E-state index in [-0.39, 0.29) is 17.6 Å². The molecule has 1 fully saturated rings. The molecule has 16 heavy (non-hydrogen) atoms. The first-order valence-electron chi connectivity index (χ1n) is 6.16. The van der Waals surface area contributed by atoms with Gasteiger partial charge in [-0.25, -0.2) is 0 Å². The number of carbonyl (C=O) groups is 1. The Hall–Kier alpha value is -0.610. The maximum absolute atomic E-state index is 11.8. The third-order valence-electron chi connectivity index (χ3n) is 2.93. The van der Waals surface area contributed by atoms with Gasteiger partial charge in [0.1, 0.15) is 0 Å². The Morgan fingerprint density at radius 2 is 2.25 bits per heavy atom. The molecule has 0 aliphatic carbocycles. The van der Waals surface area contributed by atoms with Crippen LogP contribution in [0.15, 0.2) is 0 Å². The average molecular weight is 228 g/mol.